The Morgan fingerprint density at radius 3 is 2.87 bits per heavy atom. The lowest BCUT2D eigenvalue weighted by atomic mass is 9.86. The number of hydrazine groups is 1. The Morgan fingerprint density at radius 1 is 1.33 bits per heavy atom. The van der Waals surface area contributed by atoms with Crippen LogP contribution in [-0.2, 0) is 0 Å². The lowest BCUT2D eigenvalue weighted by Crippen LogP contribution is -2.49. The van der Waals surface area contributed by atoms with Gasteiger partial charge in [-0.1, -0.05) is 31.9 Å². The summed E-state index contributed by atoms with van der Waals surface area (Å²) in [6.45, 7) is 3.99. The van der Waals surface area contributed by atoms with Gasteiger partial charge in [0.25, 0.3) is 5.56 Å². The van der Waals surface area contributed by atoms with Gasteiger partial charge in [-0.15, -0.1) is 0 Å². The van der Waals surface area contributed by atoms with Crippen molar-refractivity contribution in [2.75, 3.05) is 0 Å². The molecule has 1 aliphatic carbocycles. The zero-order chi connectivity index (χ0) is 21.3. The van der Waals surface area contributed by atoms with Gasteiger partial charge >= 0.3 is 0 Å². The normalized spacial score (nSPS) is 19.6. The van der Waals surface area contributed by atoms with E-state index in [2.05, 4.69) is 34.1 Å². The van der Waals surface area contributed by atoms with Gasteiger partial charge in [-0.2, -0.15) is 5.26 Å². The highest BCUT2D eigenvalue weighted by molar-refractivity contribution is 7.80. The molecule has 3 aromatic rings. The summed E-state index contributed by atoms with van der Waals surface area (Å²) in [7, 11) is 0. The first-order valence-corrected chi connectivity index (χ1v) is 10.6. The third-order valence-electron chi connectivity index (χ3n) is 5.94. The minimum Gasteiger partial charge on any atom is -0.358 e. The Kier molecular flexibility index (Phi) is 5.55. The number of nitriles is 1. The van der Waals surface area contributed by atoms with Crippen LogP contribution in [0.3, 0.4) is 0 Å². The molecule has 30 heavy (non-hydrogen) atoms. The molecule has 1 fully saturated rings. The summed E-state index contributed by atoms with van der Waals surface area (Å²) >= 11 is 5.39. The lowest BCUT2D eigenvalue weighted by Gasteiger charge is -2.30. The Morgan fingerprint density at radius 2 is 2.10 bits per heavy atom. The van der Waals surface area contributed by atoms with Gasteiger partial charge in [0.1, 0.15) is 6.07 Å². The summed E-state index contributed by atoms with van der Waals surface area (Å²) in [6.07, 6.45) is 6.34. The third-order valence-corrected chi connectivity index (χ3v) is 6.16. The van der Waals surface area contributed by atoms with Crippen LogP contribution in [0.15, 0.2) is 29.1 Å². The molecule has 0 unspecified atom stereocenters. The van der Waals surface area contributed by atoms with Crippen LogP contribution in [0, 0.1) is 24.2 Å². The zero-order valence-corrected chi connectivity index (χ0v) is 17.8. The number of rotatable bonds is 3. The fourth-order valence-electron chi connectivity index (χ4n) is 4.20. The summed E-state index contributed by atoms with van der Waals surface area (Å²) in [5.41, 5.74) is 8.34. The molecule has 0 radical (unpaired) electrons. The molecule has 1 aromatic carbocycles. The molecule has 2 aromatic heterocycles. The largest absolute Gasteiger partial charge is 0.358 e. The Bertz CT molecular complexity index is 1270. The molecular formula is C22H24N6OS. The van der Waals surface area contributed by atoms with E-state index in [1.165, 1.54) is 23.7 Å². The van der Waals surface area contributed by atoms with Gasteiger partial charge in [-0.25, -0.2) is 4.98 Å². The first-order chi connectivity index (χ1) is 14.5. The van der Waals surface area contributed by atoms with Crippen molar-refractivity contribution in [3.63, 3.8) is 0 Å². The molecule has 0 aliphatic heterocycles. The maximum atomic E-state index is 13.2. The fraction of sp³-hybridized carbons (Fsp3) is 0.364. The van der Waals surface area contributed by atoms with Gasteiger partial charge in [0, 0.05) is 12.2 Å². The van der Waals surface area contributed by atoms with E-state index < -0.39 is 0 Å². The molecule has 1 saturated carbocycles. The van der Waals surface area contributed by atoms with Gasteiger partial charge in [-0.3, -0.25) is 14.6 Å². The van der Waals surface area contributed by atoms with E-state index in [1.807, 2.05) is 24.3 Å². The first kappa shape index (κ1) is 20.1. The zero-order valence-electron chi connectivity index (χ0n) is 17.0. The molecule has 3 N–H and O–H groups in total. The van der Waals surface area contributed by atoms with Crippen molar-refractivity contribution < 1.29 is 0 Å². The minimum atomic E-state index is -0.232. The quantitative estimate of drug-likeness (QED) is 0.441. The van der Waals surface area contributed by atoms with Gasteiger partial charge in [-0.05, 0) is 55.6 Å². The fourth-order valence-corrected chi connectivity index (χ4v) is 4.41. The van der Waals surface area contributed by atoms with Crippen molar-refractivity contribution in [2.45, 2.75) is 45.6 Å². The summed E-state index contributed by atoms with van der Waals surface area (Å²) < 4.78 is 1.49. The highest BCUT2D eigenvalue weighted by Gasteiger charge is 2.21. The summed E-state index contributed by atoms with van der Waals surface area (Å²) in [5, 5.41) is 13.9. The van der Waals surface area contributed by atoms with Crippen LogP contribution >= 0.6 is 12.2 Å². The van der Waals surface area contributed by atoms with E-state index in [4.69, 9.17) is 12.2 Å². The molecule has 2 heterocycles. The average molecular weight is 421 g/mol. The van der Waals surface area contributed by atoms with Crippen molar-refractivity contribution >= 4 is 40.2 Å². The lowest BCUT2D eigenvalue weighted by molar-refractivity contribution is 0.308. The van der Waals surface area contributed by atoms with Crippen LogP contribution < -0.4 is 26.9 Å². The number of imidazole rings is 1. The summed E-state index contributed by atoms with van der Waals surface area (Å²) in [4.78, 5) is 17.7. The van der Waals surface area contributed by atoms with Crippen LogP contribution in [0.25, 0.3) is 22.9 Å². The molecule has 4 rings (SSSR count). The maximum absolute atomic E-state index is 13.2. The number of aromatic nitrogens is 2. The number of fused-ring (bicyclic) bond motifs is 3. The van der Waals surface area contributed by atoms with Crippen molar-refractivity contribution in [2.24, 2.45) is 5.92 Å². The predicted molar refractivity (Wildman–Crippen MR) is 122 cm³/mol. The molecule has 0 saturated heterocycles. The summed E-state index contributed by atoms with van der Waals surface area (Å²) in [5.74, 6) is 0.577. The van der Waals surface area contributed by atoms with E-state index in [0.717, 1.165) is 6.42 Å². The van der Waals surface area contributed by atoms with Crippen LogP contribution in [0.4, 0.5) is 0 Å². The van der Waals surface area contributed by atoms with E-state index >= 15 is 0 Å². The Hall–Kier alpha value is -3.18. The number of benzene rings is 1. The molecule has 154 valence electrons. The number of nitrogens with zero attached hydrogens (tertiary/aromatic N) is 3. The van der Waals surface area contributed by atoms with Gasteiger partial charge in [0.15, 0.2) is 10.8 Å². The van der Waals surface area contributed by atoms with Crippen LogP contribution in [0.1, 0.15) is 43.7 Å². The summed E-state index contributed by atoms with van der Waals surface area (Å²) in [6, 6.07) is 9.92. The van der Waals surface area contributed by atoms with Crippen molar-refractivity contribution in [1.82, 2.24) is 25.6 Å². The highest BCUT2D eigenvalue weighted by Crippen LogP contribution is 2.23. The van der Waals surface area contributed by atoms with E-state index in [9.17, 15) is 10.1 Å². The van der Waals surface area contributed by atoms with Gasteiger partial charge in [0.05, 0.1) is 21.8 Å². The molecule has 2 atom stereocenters. The number of hydrogen-bond donors (Lipinski definition) is 3. The van der Waals surface area contributed by atoms with E-state index in [-0.39, 0.29) is 5.56 Å². The highest BCUT2D eigenvalue weighted by atomic mass is 32.1. The standard InChI is InChI=1S/C22H24N6OS/c1-13-7-3-4-8-17(13)26-22(30)27-24-12-16-14(2)15(11-23)20-25-18-9-5-6-10-19(18)28(20)21(16)29/h5-6,9-10,12-13,17,24H,3-4,7-8H2,1-2H3,(H2,26,27,30)/t13-,17-/m0/s1. The van der Waals surface area contributed by atoms with E-state index in [1.54, 1.807) is 13.1 Å². The van der Waals surface area contributed by atoms with Crippen molar-refractivity contribution in [3.05, 3.63) is 51.0 Å². The SMILES string of the molecule is Cc1c(C#N)c2nc3ccccc3n2c(=O)c1=CNNC(=S)N[C@H]1CCCC[C@@H]1C. The number of nitrogens with one attached hydrogen (secondary N) is 3. The molecule has 1 aliphatic rings. The van der Waals surface area contributed by atoms with Crippen LogP contribution in [0.2, 0.25) is 0 Å². The number of hydrogen-bond acceptors (Lipinski definition) is 5. The molecule has 0 bridgehead atoms. The second kappa shape index (κ2) is 8.28. The molecule has 0 amide bonds. The first-order valence-electron chi connectivity index (χ1n) is 10.2. The monoisotopic (exact) mass is 420 g/mol. The Labute approximate surface area is 179 Å². The van der Waals surface area contributed by atoms with Crippen molar-refractivity contribution in [1.29, 1.82) is 5.26 Å². The average Bonchev–Trinajstić information content (AvgIpc) is 3.12. The third kappa shape index (κ3) is 3.57. The number of pyridine rings is 1. The maximum Gasteiger partial charge on any atom is 0.265 e. The predicted octanol–water partition coefficient (Wildman–Crippen LogP) is 2.03. The number of thiocarbonyl (C=S) groups is 1. The smallest absolute Gasteiger partial charge is 0.265 e. The van der Waals surface area contributed by atoms with Crippen LogP contribution in [-0.4, -0.2) is 20.5 Å². The molecule has 8 heteroatoms. The van der Waals surface area contributed by atoms with Gasteiger partial charge < -0.3 is 10.7 Å². The molecule has 7 nitrogen and oxygen atoms in total. The topological polar surface area (TPSA) is 94.2 Å². The van der Waals surface area contributed by atoms with E-state index in [0.29, 0.717) is 50.1 Å². The van der Waals surface area contributed by atoms with Crippen LogP contribution in [0.5, 0.6) is 0 Å². The molecular weight excluding hydrogens is 396 g/mol. The Balaban J connectivity index is 1.64. The van der Waals surface area contributed by atoms with Gasteiger partial charge in [0.2, 0.25) is 0 Å². The second-order valence-corrected chi connectivity index (χ2v) is 8.25. The molecule has 0 spiro atoms. The number of para-hydroxylation sites is 2. The second-order valence-electron chi connectivity index (χ2n) is 7.85. The minimum absolute atomic E-state index is 0.232. The van der Waals surface area contributed by atoms with Crippen molar-refractivity contribution in [3.8, 4) is 6.07 Å².